The van der Waals surface area contributed by atoms with Crippen molar-refractivity contribution < 1.29 is 4.79 Å². The summed E-state index contributed by atoms with van der Waals surface area (Å²) < 4.78 is 0. The van der Waals surface area contributed by atoms with Gasteiger partial charge in [0.2, 0.25) is 5.91 Å². The molecule has 1 unspecified atom stereocenters. The average Bonchev–Trinajstić information content (AvgIpc) is 2.96. The van der Waals surface area contributed by atoms with Crippen molar-refractivity contribution in [3.05, 3.63) is 0 Å². The Morgan fingerprint density at radius 3 is 2.56 bits per heavy atom. The average molecular weight is 227 g/mol. The van der Waals surface area contributed by atoms with Crippen LogP contribution >= 0.6 is 0 Å². The van der Waals surface area contributed by atoms with Crippen molar-refractivity contribution in [2.75, 3.05) is 20.1 Å². The SMILES string of the molecule is CN(CCCCC(C)(N)C(N)=O)CC1CC1. The molecule has 0 saturated heterocycles. The van der Waals surface area contributed by atoms with Crippen LogP contribution in [0.5, 0.6) is 0 Å². The van der Waals surface area contributed by atoms with Crippen molar-refractivity contribution in [2.45, 2.75) is 44.6 Å². The van der Waals surface area contributed by atoms with Gasteiger partial charge in [-0.3, -0.25) is 4.79 Å². The third-order valence-corrected chi connectivity index (χ3v) is 3.32. The summed E-state index contributed by atoms with van der Waals surface area (Å²) in [5.41, 5.74) is 10.2. The van der Waals surface area contributed by atoms with E-state index in [9.17, 15) is 4.79 Å². The molecule has 1 aliphatic rings. The van der Waals surface area contributed by atoms with E-state index in [4.69, 9.17) is 11.5 Å². The van der Waals surface area contributed by atoms with Gasteiger partial charge in [-0.25, -0.2) is 0 Å². The van der Waals surface area contributed by atoms with Crippen molar-refractivity contribution in [3.8, 4) is 0 Å². The smallest absolute Gasteiger partial charge is 0.237 e. The van der Waals surface area contributed by atoms with E-state index >= 15 is 0 Å². The molecular weight excluding hydrogens is 202 g/mol. The number of nitrogens with two attached hydrogens (primary N) is 2. The van der Waals surface area contributed by atoms with Crippen LogP contribution in [-0.4, -0.2) is 36.5 Å². The molecule has 0 aliphatic heterocycles. The summed E-state index contributed by atoms with van der Waals surface area (Å²) in [6, 6.07) is 0. The number of rotatable bonds is 8. The first-order chi connectivity index (χ1) is 7.42. The lowest BCUT2D eigenvalue weighted by Gasteiger charge is -2.21. The Labute approximate surface area is 98.3 Å². The largest absolute Gasteiger partial charge is 0.368 e. The molecule has 0 radical (unpaired) electrons. The monoisotopic (exact) mass is 227 g/mol. The minimum Gasteiger partial charge on any atom is -0.368 e. The third kappa shape index (κ3) is 4.94. The first-order valence-electron chi connectivity index (χ1n) is 6.19. The fourth-order valence-electron chi connectivity index (χ4n) is 1.83. The molecule has 1 amide bonds. The van der Waals surface area contributed by atoms with Crippen LogP contribution < -0.4 is 11.5 Å². The Kier molecular flexibility index (Phi) is 4.74. The molecule has 0 aromatic heterocycles. The van der Waals surface area contributed by atoms with Crippen LogP contribution in [0, 0.1) is 5.92 Å². The second-order valence-electron chi connectivity index (χ2n) is 5.44. The van der Waals surface area contributed by atoms with Crippen molar-refractivity contribution in [1.82, 2.24) is 4.90 Å². The fourth-order valence-corrected chi connectivity index (χ4v) is 1.83. The van der Waals surface area contributed by atoms with Crippen molar-refractivity contribution >= 4 is 5.91 Å². The summed E-state index contributed by atoms with van der Waals surface area (Å²) >= 11 is 0. The number of primary amides is 1. The van der Waals surface area contributed by atoms with Crippen LogP contribution in [0.25, 0.3) is 0 Å². The molecule has 4 nitrogen and oxygen atoms in total. The van der Waals surface area contributed by atoms with Crippen LogP contribution in [0.3, 0.4) is 0 Å². The zero-order chi connectivity index (χ0) is 12.2. The molecule has 94 valence electrons. The molecule has 0 heterocycles. The Morgan fingerprint density at radius 1 is 1.44 bits per heavy atom. The van der Waals surface area contributed by atoms with Crippen molar-refractivity contribution in [2.24, 2.45) is 17.4 Å². The van der Waals surface area contributed by atoms with E-state index in [-0.39, 0.29) is 0 Å². The van der Waals surface area contributed by atoms with Gasteiger partial charge < -0.3 is 16.4 Å². The Bertz CT molecular complexity index is 236. The molecule has 1 fully saturated rings. The van der Waals surface area contributed by atoms with Crippen LogP contribution in [0.1, 0.15) is 39.0 Å². The van der Waals surface area contributed by atoms with E-state index in [0.29, 0.717) is 6.42 Å². The van der Waals surface area contributed by atoms with Crippen LogP contribution in [-0.2, 0) is 4.79 Å². The van der Waals surface area contributed by atoms with Gasteiger partial charge in [0.15, 0.2) is 0 Å². The lowest BCUT2D eigenvalue weighted by atomic mass is 9.95. The highest BCUT2D eigenvalue weighted by molar-refractivity contribution is 5.83. The normalized spacial score (nSPS) is 19.8. The summed E-state index contributed by atoms with van der Waals surface area (Å²) in [5, 5.41) is 0. The molecule has 0 bridgehead atoms. The van der Waals surface area contributed by atoms with Crippen LogP contribution in [0.15, 0.2) is 0 Å². The summed E-state index contributed by atoms with van der Waals surface area (Å²) in [4.78, 5) is 13.4. The van der Waals surface area contributed by atoms with Gasteiger partial charge >= 0.3 is 0 Å². The van der Waals surface area contributed by atoms with Gasteiger partial charge in [-0.1, -0.05) is 0 Å². The summed E-state index contributed by atoms with van der Waals surface area (Å²) in [6.45, 7) is 4.02. The summed E-state index contributed by atoms with van der Waals surface area (Å²) in [5.74, 6) is 0.536. The van der Waals surface area contributed by atoms with Gasteiger partial charge in [-0.2, -0.15) is 0 Å². The van der Waals surface area contributed by atoms with E-state index in [0.717, 1.165) is 25.3 Å². The van der Waals surface area contributed by atoms with E-state index in [2.05, 4.69) is 11.9 Å². The van der Waals surface area contributed by atoms with Gasteiger partial charge in [0.25, 0.3) is 0 Å². The molecule has 1 saturated carbocycles. The number of nitrogens with zero attached hydrogens (tertiary/aromatic N) is 1. The Balaban J connectivity index is 2.04. The van der Waals surface area contributed by atoms with Crippen LogP contribution in [0.2, 0.25) is 0 Å². The highest BCUT2D eigenvalue weighted by Gasteiger charge is 2.25. The molecule has 0 aromatic rings. The summed E-state index contributed by atoms with van der Waals surface area (Å²) in [6.07, 6.45) is 5.52. The topological polar surface area (TPSA) is 72.3 Å². The lowest BCUT2D eigenvalue weighted by Crippen LogP contribution is -2.49. The molecule has 1 aliphatic carbocycles. The highest BCUT2D eigenvalue weighted by Crippen LogP contribution is 2.29. The third-order valence-electron chi connectivity index (χ3n) is 3.32. The van der Waals surface area contributed by atoms with E-state index in [1.807, 2.05) is 0 Å². The molecular formula is C12H25N3O. The van der Waals surface area contributed by atoms with Gasteiger partial charge in [0, 0.05) is 6.54 Å². The van der Waals surface area contributed by atoms with Gasteiger partial charge in [-0.05, 0) is 58.5 Å². The Hall–Kier alpha value is -0.610. The first-order valence-corrected chi connectivity index (χ1v) is 6.19. The molecule has 0 spiro atoms. The standard InChI is InChI=1S/C12H25N3O/c1-12(14,11(13)16)7-3-4-8-15(2)9-10-5-6-10/h10H,3-9,14H2,1-2H3,(H2,13,16). The Morgan fingerprint density at radius 2 is 2.06 bits per heavy atom. The van der Waals surface area contributed by atoms with E-state index in [1.54, 1.807) is 6.92 Å². The molecule has 1 rings (SSSR count). The minimum atomic E-state index is -0.838. The number of amides is 1. The zero-order valence-electron chi connectivity index (χ0n) is 10.5. The van der Waals surface area contributed by atoms with E-state index in [1.165, 1.54) is 19.4 Å². The predicted molar refractivity (Wildman–Crippen MR) is 65.9 cm³/mol. The maximum absolute atomic E-state index is 11.0. The van der Waals surface area contributed by atoms with Gasteiger partial charge in [-0.15, -0.1) is 0 Å². The highest BCUT2D eigenvalue weighted by atomic mass is 16.1. The number of hydrogen-bond donors (Lipinski definition) is 2. The molecule has 16 heavy (non-hydrogen) atoms. The predicted octanol–water partition coefficient (Wildman–Crippen LogP) is 0.701. The van der Waals surface area contributed by atoms with Crippen LogP contribution in [0.4, 0.5) is 0 Å². The van der Waals surface area contributed by atoms with Gasteiger partial charge in [0.1, 0.15) is 0 Å². The number of carbonyl (C=O) groups is 1. The molecule has 4 N–H and O–H groups in total. The van der Waals surface area contributed by atoms with Crippen molar-refractivity contribution in [1.29, 1.82) is 0 Å². The number of unbranched alkanes of at least 4 members (excludes halogenated alkanes) is 1. The molecule has 0 aromatic carbocycles. The lowest BCUT2D eigenvalue weighted by molar-refractivity contribution is -0.122. The van der Waals surface area contributed by atoms with Crippen molar-refractivity contribution in [3.63, 3.8) is 0 Å². The minimum absolute atomic E-state index is 0.404. The number of carbonyl (C=O) groups excluding carboxylic acids is 1. The first kappa shape index (κ1) is 13.5. The quantitative estimate of drug-likeness (QED) is 0.600. The number of hydrogen-bond acceptors (Lipinski definition) is 3. The summed E-state index contributed by atoms with van der Waals surface area (Å²) in [7, 11) is 2.16. The molecule has 1 atom stereocenters. The maximum Gasteiger partial charge on any atom is 0.237 e. The zero-order valence-corrected chi connectivity index (χ0v) is 10.5. The second-order valence-corrected chi connectivity index (χ2v) is 5.44. The fraction of sp³-hybridized carbons (Fsp3) is 0.917. The maximum atomic E-state index is 11.0. The second kappa shape index (κ2) is 5.64. The van der Waals surface area contributed by atoms with Gasteiger partial charge in [0.05, 0.1) is 5.54 Å². The van der Waals surface area contributed by atoms with E-state index < -0.39 is 11.4 Å². The molecule has 4 heteroatoms.